The third kappa shape index (κ3) is 3.78. The zero-order valence-electron chi connectivity index (χ0n) is 20.5. The summed E-state index contributed by atoms with van der Waals surface area (Å²) in [5.74, 6) is -8.19. The van der Waals surface area contributed by atoms with Gasteiger partial charge in [-0.25, -0.2) is 8.78 Å². The van der Waals surface area contributed by atoms with Crippen molar-refractivity contribution >= 4 is 18.0 Å². The van der Waals surface area contributed by atoms with Crippen molar-refractivity contribution in [3.63, 3.8) is 0 Å². The quantitative estimate of drug-likeness (QED) is 0.545. The Morgan fingerprint density at radius 3 is 2.56 bits per heavy atom. The van der Waals surface area contributed by atoms with Crippen molar-refractivity contribution in [3.05, 3.63) is 59.9 Å². The molecular weight excluding hydrogens is 466 g/mol. The van der Waals surface area contributed by atoms with Gasteiger partial charge in [-0.2, -0.15) is 5.26 Å². The zero-order valence-corrected chi connectivity index (χ0v) is 20.5. The van der Waals surface area contributed by atoms with E-state index in [2.05, 4.69) is 11.1 Å². The highest BCUT2D eigenvalue weighted by molar-refractivity contribution is 5.89. The number of nitrogens with zero attached hydrogens (tertiary/aromatic N) is 2. The number of fused-ring (bicyclic) bond motifs is 1. The molecule has 6 nitrogen and oxygen atoms in total. The predicted octanol–water partition coefficient (Wildman–Crippen LogP) is 5.58. The predicted molar refractivity (Wildman–Crippen MR) is 129 cm³/mol. The number of rotatable bonds is 5. The first-order valence-electron chi connectivity index (χ1n) is 11.8. The Labute approximate surface area is 208 Å². The minimum absolute atomic E-state index is 0.510. The van der Waals surface area contributed by atoms with Crippen molar-refractivity contribution in [2.45, 2.75) is 46.1 Å². The van der Waals surface area contributed by atoms with Crippen LogP contribution in [0.2, 0.25) is 0 Å². The number of pyridine rings is 1. The second kappa shape index (κ2) is 8.81. The van der Waals surface area contributed by atoms with Crippen LogP contribution in [0.4, 0.5) is 8.78 Å². The summed E-state index contributed by atoms with van der Waals surface area (Å²) >= 11 is 0. The van der Waals surface area contributed by atoms with Gasteiger partial charge < -0.3 is 9.84 Å². The molecular formula is C28H28F2N2O4. The second-order valence-corrected chi connectivity index (χ2v) is 10.3. The maximum atomic E-state index is 15.4. The van der Waals surface area contributed by atoms with Gasteiger partial charge in [0.25, 0.3) is 5.92 Å². The van der Waals surface area contributed by atoms with E-state index in [4.69, 9.17) is 4.74 Å². The normalized spacial score (nSPS) is 29.4. The summed E-state index contributed by atoms with van der Waals surface area (Å²) in [6.45, 7) is 5.72. The average molecular weight is 495 g/mol. The largest absolute Gasteiger partial charge is 0.481 e. The van der Waals surface area contributed by atoms with Crippen molar-refractivity contribution < 1.29 is 28.2 Å². The maximum Gasteiger partial charge on any atom is 0.314 e. The lowest BCUT2D eigenvalue weighted by Gasteiger charge is -2.52. The summed E-state index contributed by atoms with van der Waals surface area (Å²) in [7, 11) is 0. The summed E-state index contributed by atoms with van der Waals surface area (Å²) in [4.78, 5) is 29.6. The van der Waals surface area contributed by atoms with Crippen LogP contribution in [-0.2, 0) is 14.3 Å². The monoisotopic (exact) mass is 494 g/mol. The fourth-order valence-electron chi connectivity index (χ4n) is 5.92. The average Bonchev–Trinajstić information content (AvgIpc) is 3.09. The van der Waals surface area contributed by atoms with E-state index in [0.29, 0.717) is 11.3 Å². The van der Waals surface area contributed by atoms with Gasteiger partial charge in [0.1, 0.15) is 6.10 Å². The van der Waals surface area contributed by atoms with Crippen LogP contribution in [0.15, 0.2) is 48.7 Å². The molecule has 188 valence electrons. The number of aliphatic carboxylic acids is 1. The molecule has 0 spiro atoms. The number of nitriles is 1. The molecule has 0 bridgehead atoms. The molecule has 1 aliphatic heterocycles. The highest BCUT2D eigenvalue weighted by Gasteiger charge is 2.74. The smallest absolute Gasteiger partial charge is 0.314 e. The fraction of sp³-hybridized carbons (Fsp3) is 0.429. The van der Waals surface area contributed by atoms with Crippen LogP contribution in [-0.4, -0.2) is 34.1 Å². The van der Waals surface area contributed by atoms with Crippen molar-refractivity contribution in [1.29, 1.82) is 5.26 Å². The van der Waals surface area contributed by atoms with Gasteiger partial charge in [0.05, 0.1) is 28.2 Å². The topological polar surface area (TPSA) is 100 Å². The lowest BCUT2D eigenvalue weighted by atomic mass is 9.48. The molecule has 5 atom stereocenters. The van der Waals surface area contributed by atoms with Gasteiger partial charge in [-0.3, -0.25) is 14.6 Å². The van der Waals surface area contributed by atoms with Gasteiger partial charge in [0.15, 0.2) is 0 Å². The highest BCUT2D eigenvalue weighted by Crippen LogP contribution is 2.65. The van der Waals surface area contributed by atoms with Crippen LogP contribution in [0.25, 0.3) is 17.2 Å². The Bertz CT molecular complexity index is 1270. The van der Waals surface area contributed by atoms with Crippen molar-refractivity contribution in [1.82, 2.24) is 4.98 Å². The van der Waals surface area contributed by atoms with Gasteiger partial charge in [-0.15, -0.1) is 0 Å². The molecule has 0 radical (unpaired) electrons. The minimum Gasteiger partial charge on any atom is -0.481 e. The van der Waals surface area contributed by atoms with Crippen LogP contribution in [0, 0.1) is 39.9 Å². The lowest BCUT2D eigenvalue weighted by molar-refractivity contribution is -0.201. The van der Waals surface area contributed by atoms with E-state index in [9.17, 15) is 20.0 Å². The maximum absolute atomic E-state index is 15.4. The number of benzene rings is 1. The van der Waals surface area contributed by atoms with Crippen LogP contribution in [0.5, 0.6) is 0 Å². The number of esters is 1. The number of hydrogen-bond donors (Lipinski definition) is 1. The standard InChI is InChI=1S/C28H28F2N2O4/c1-16-21(12-11-20-10-9-19(14-32-20)22-8-6-5-7-18(22)13-31)23-17(2)36-25(35)27(23,15-28(16,29)30)26(3,4)24(33)34/h5-12,14,16-17,21,23H,15H2,1-4H3,(H,33,34)/b12-11+/t16-,17+,21-,23-,27-/m0/s1. The molecule has 2 aliphatic rings. The molecule has 1 aromatic heterocycles. The summed E-state index contributed by atoms with van der Waals surface area (Å²) in [5.41, 5.74) is -1.13. The van der Waals surface area contributed by atoms with Gasteiger partial charge in [0, 0.05) is 35.6 Å². The summed E-state index contributed by atoms with van der Waals surface area (Å²) < 4.78 is 36.2. The van der Waals surface area contributed by atoms with E-state index in [0.717, 1.165) is 11.1 Å². The van der Waals surface area contributed by atoms with Gasteiger partial charge in [-0.1, -0.05) is 37.3 Å². The Kier molecular flexibility index (Phi) is 6.24. The molecule has 2 heterocycles. The number of carbonyl (C=O) groups is 2. The molecule has 1 saturated heterocycles. The third-order valence-electron chi connectivity index (χ3n) is 8.19. The molecule has 36 heavy (non-hydrogen) atoms. The Hall–Kier alpha value is -3.60. The number of carbonyl (C=O) groups excluding carboxylic acids is 1. The number of cyclic esters (lactones) is 1. The van der Waals surface area contributed by atoms with Gasteiger partial charge >= 0.3 is 11.9 Å². The molecule has 4 rings (SSSR count). The first-order valence-corrected chi connectivity index (χ1v) is 11.8. The van der Waals surface area contributed by atoms with Crippen LogP contribution in [0.3, 0.4) is 0 Å². The van der Waals surface area contributed by atoms with Crippen LogP contribution in [0.1, 0.15) is 45.4 Å². The molecule has 2 aromatic rings. The molecule has 1 aliphatic carbocycles. The minimum atomic E-state index is -3.28. The van der Waals surface area contributed by atoms with Crippen molar-refractivity contribution in [3.8, 4) is 17.2 Å². The first-order chi connectivity index (χ1) is 16.9. The Morgan fingerprint density at radius 2 is 1.94 bits per heavy atom. The number of carboxylic acid groups (broad SMARTS) is 1. The Balaban J connectivity index is 1.72. The second-order valence-electron chi connectivity index (χ2n) is 10.3. The summed E-state index contributed by atoms with van der Waals surface area (Å²) in [5, 5.41) is 19.3. The number of hydrogen-bond acceptors (Lipinski definition) is 5. The number of ether oxygens (including phenoxy) is 1. The Morgan fingerprint density at radius 1 is 1.25 bits per heavy atom. The zero-order chi connectivity index (χ0) is 26.5. The fourth-order valence-corrected chi connectivity index (χ4v) is 5.92. The van der Waals surface area contributed by atoms with Crippen molar-refractivity contribution in [2.24, 2.45) is 28.6 Å². The molecule has 1 saturated carbocycles. The van der Waals surface area contributed by atoms with E-state index in [1.165, 1.54) is 20.8 Å². The highest BCUT2D eigenvalue weighted by atomic mass is 19.3. The first kappa shape index (κ1) is 25.5. The number of alkyl halides is 2. The van der Waals surface area contributed by atoms with E-state index in [1.807, 2.05) is 12.1 Å². The molecule has 0 amide bonds. The third-order valence-corrected chi connectivity index (χ3v) is 8.19. The van der Waals surface area contributed by atoms with E-state index in [-0.39, 0.29) is 0 Å². The van der Waals surface area contributed by atoms with E-state index in [1.54, 1.807) is 49.5 Å². The summed E-state index contributed by atoms with van der Waals surface area (Å²) in [6, 6.07) is 12.8. The van der Waals surface area contributed by atoms with Gasteiger partial charge in [-0.05, 0) is 44.9 Å². The number of aromatic nitrogens is 1. The van der Waals surface area contributed by atoms with Crippen LogP contribution >= 0.6 is 0 Å². The number of allylic oxidation sites excluding steroid dienone is 1. The van der Waals surface area contributed by atoms with Gasteiger partial charge in [0.2, 0.25) is 0 Å². The van der Waals surface area contributed by atoms with E-state index < -0.39 is 59.0 Å². The van der Waals surface area contributed by atoms with E-state index >= 15 is 8.78 Å². The lowest BCUT2D eigenvalue weighted by Crippen LogP contribution is -2.61. The van der Waals surface area contributed by atoms with Crippen LogP contribution < -0.4 is 0 Å². The molecule has 0 unspecified atom stereocenters. The molecule has 2 fully saturated rings. The summed E-state index contributed by atoms with van der Waals surface area (Å²) in [6.07, 6.45) is 3.25. The number of halogens is 2. The molecule has 8 heteroatoms. The number of carboxylic acids is 1. The van der Waals surface area contributed by atoms with Crippen molar-refractivity contribution in [2.75, 3.05) is 0 Å². The molecule has 1 aromatic carbocycles. The SMILES string of the molecule is C[C@H]1OC(=O)[C@]2(C(C)(C)C(=O)O)CC(F)(F)[C@@H](C)[C@H](/C=C/c3ccc(-c4ccccc4C#N)cn3)[C@H]12. The molecule has 1 N–H and O–H groups in total.